The maximum absolute atomic E-state index is 12.4. The number of amides is 1. The molecular formula is C18H20N2O2. The number of hydrogen-bond donors (Lipinski definition) is 0. The fourth-order valence-corrected chi connectivity index (χ4v) is 2.74. The summed E-state index contributed by atoms with van der Waals surface area (Å²) >= 11 is 0. The fourth-order valence-electron chi connectivity index (χ4n) is 2.74. The molecule has 114 valence electrons. The summed E-state index contributed by atoms with van der Waals surface area (Å²) in [6.07, 6.45) is 4.92. The van der Waals surface area contributed by atoms with E-state index in [4.69, 9.17) is 4.74 Å². The van der Waals surface area contributed by atoms with Gasteiger partial charge in [0.2, 0.25) is 5.91 Å². The molecule has 4 nitrogen and oxygen atoms in total. The molecule has 1 aliphatic rings. The average Bonchev–Trinajstić information content (AvgIpc) is 2.97. The maximum atomic E-state index is 12.4. The van der Waals surface area contributed by atoms with E-state index in [1.165, 1.54) is 5.56 Å². The topological polar surface area (TPSA) is 42.4 Å². The molecular weight excluding hydrogens is 276 g/mol. The number of pyridine rings is 1. The van der Waals surface area contributed by atoms with Crippen molar-refractivity contribution in [2.45, 2.75) is 18.8 Å². The highest BCUT2D eigenvalue weighted by Crippen LogP contribution is 2.35. The van der Waals surface area contributed by atoms with Gasteiger partial charge < -0.3 is 9.64 Å². The number of fused-ring (bicyclic) bond motifs is 1. The molecule has 0 radical (unpaired) electrons. The minimum atomic E-state index is 0.166. The molecule has 4 heteroatoms. The Kier molecular flexibility index (Phi) is 4.37. The van der Waals surface area contributed by atoms with Crippen molar-refractivity contribution in [3.63, 3.8) is 0 Å². The minimum absolute atomic E-state index is 0.166. The van der Waals surface area contributed by atoms with Crippen molar-refractivity contribution in [1.29, 1.82) is 0 Å². The number of rotatable bonds is 5. The van der Waals surface area contributed by atoms with Crippen LogP contribution in [0.4, 0.5) is 0 Å². The van der Waals surface area contributed by atoms with Gasteiger partial charge in [0.25, 0.3) is 0 Å². The third kappa shape index (κ3) is 3.27. The molecule has 0 saturated carbocycles. The molecule has 1 aromatic heterocycles. The van der Waals surface area contributed by atoms with E-state index in [0.717, 1.165) is 24.3 Å². The molecule has 0 aliphatic carbocycles. The zero-order chi connectivity index (χ0) is 15.4. The standard InChI is InChI=1S/C18H20N2O2/c1-20(11-8-14-6-9-19-10-7-14)18(21)12-15-13-22-17-5-3-2-4-16(15)17/h2-7,9-10,15H,8,11-13H2,1H3. The third-order valence-electron chi connectivity index (χ3n) is 4.13. The first-order valence-electron chi connectivity index (χ1n) is 7.58. The van der Waals surface area contributed by atoms with E-state index in [0.29, 0.717) is 13.0 Å². The summed E-state index contributed by atoms with van der Waals surface area (Å²) in [6, 6.07) is 11.9. The molecule has 3 rings (SSSR count). The predicted molar refractivity (Wildman–Crippen MR) is 84.9 cm³/mol. The van der Waals surface area contributed by atoms with E-state index < -0.39 is 0 Å². The van der Waals surface area contributed by atoms with Crippen molar-refractivity contribution in [3.05, 3.63) is 59.9 Å². The van der Waals surface area contributed by atoms with Crippen LogP contribution in [0, 0.1) is 0 Å². The Morgan fingerprint density at radius 2 is 2.05 bits per heavy atom. The van der Waals surface area contributed by atoms with Crippen molar-refractivity contribution < 1.29 is 9.53 Å². The zero-order valence-corrected chi connectivity index (χ0v) is 12.7. The molecule has 1 amide bonds. The highest BCUT2D eigenvalue weighted by Gasteiger charge is 2.26. The Labute approximate surface area is 130 Å². The SMILES string of the molecule is CN(CCc1ccncc1)C(=O)CC1COc2ccccc21. The minimum Gasteiger partial charge on any atom is -0.493 e. The van der Waals surface area contributed by atoms with E-state index in [1.54, 1.807) is 17.3 Å². The highest BCUT2D eigenvalue weighted by molar-refractivity contribution is 5.77. The van der Waals surface area contributed by atoms with Gasteiger partial charge in [0.1, 0.15) is 5.75 Å². The molecule has 1 atom stereocenters. The number of likely N-dealkylation sites (N-methyl/N-ethyl adjacent to an activating group) is 1. The fraction of sp³-hybridized carbons (Fsp3) is 0.333. The van der Waals surface area contributed by atoms with E-state index in [1.807, 2.05) is 37.4 Å². The Morgan fingerprint density at radius 1 is 1.27 bits per heavy atom. The molecule has 1 unspecified atom stereocenters. The van der Waals surface area contributed by atoms with Gasteiger partial charge in [-0.3, -0.25) is 9.78 Å². The molecule has 1 aliphatic heterocycles. The van der Waals surface area contributed by atoms with Crippen LogP contribution in [0.1, 0.15) is 23.5 Å². The Hall–Kier alpha value is -2.36. The first-order chi connectivity index (χ1) is 10.7. The number of benzene rings is 1. The second kappa shape index (κ2) is 6.60. The monoisotopic (exact) mass is 296 g/mol. The number of carbonyl (C=O) groups excluding carboxylic acids is 1. The molecule has 22 heavy (non-hydrogen) atoms. The number of para-hydroxylation sites is 1. The van der Waals surface area contributed by atoms with Crippen LogP contribution in [0.3, 0.4) is 0 Å². The van der Waals surface area contributed by atoms with E-state index in [9.17, 15) is 4.79 Å². The average molecular weight is 296 g/mol. The van der Waals surface area contributed by atoms with E-state index in [-0.39, 0.29) is 11.8 Å². The molecule has 0 fully saturated rings. The lowest BCUT2D eigenvalue weighted by molar-refractivity contribution is -0.130. The number of carbonyl (C=O) groups is 1. The lowest BCUT2D eigenvalue weighted by atomic mass is 9.97. The van der Waals surface area contributed by atoms with Crippen LogP contribution >= 0.6 is 0 Å². The molecule has 0 saturated heterocycles. The van der Waals surface area contributed by atoms with Gasteiger partial charge in [-0.25, -0.2) is 0 Å². The number of ether oxygens (including phenoxy) is 1. The summed E-state index contributed by atoms with van der Waals surface area (Å²) < 4.78 is 5.64. The van der Waals surface area contributed by atoms with Crippen molar-refractivity contribution in [2.75, 3.05) is 20.2 Å². The van der Waals surface area contributed by atoms with Crippen LogP contribution in [-0.2, 0) is 11.2 Å². The maximum Gasteiger partial charge on any atom is 0.223 e. The van der Waals surface area contributed by atoms with Crippen molar-refractivity contribution in [2.24, 2.45) is 0 Å². The number of nitrogens with zero attached hydrogens (tertiary/aromatic N) is 2. The van der Waals surface area contributed by atoms with Crippen molar-refractivity contribution in [3.8, 4) is 5.75 Å². The second-order valence-electron chi connectivity index (χ2n) is 5.67. The largest absolute Gasteiger partial charge is 0.493 e. The van der Waals surface area contributed by atoms with E-state index in [2.05, 4.69) is 11.1 Å². The van der Waals surface area contributed by atoms with Crippen LogP contribution in [0.15, 0.2) is 48.8 Å². The van der Waals surface area contributed by atoms with Gasteiger partial charge in [-0.1, -0.05) is 18.2 Å². The van der Waals surface area contributed by atoms with Crippen LogP contribution < -0.4 is 4.74 Å². The van der Waals surface area contributed by atoms with Crippen LogP contribution in [0.5, 0.6) is 5.75 Å². The van der Waals surface area contributed by atoms with Gasteiger partial charge in [0, 0.05) is 43.9 Å². The molecule has 1 aromatic carbocycles. The van der Waals surface area contributed by atoms with E-state index >= 15 is 0 Å². The second-order valence-corrected chi connectivity index (χ2v) is 5.67. The summed E-state index contributed by atoms with van der Waals surface area (Å²) in [4.78, 5) is 18.2. The Balaban J connectivity index is 1.54. The summed E-state index contributed by atoms with van der Waals surface area (Å²) in [7, 11) is 1.87. The molecule has 2 heterocycles. The van der Waals surface area contributed by atoms with Gasteiger partial charge in [-0.2, -0.15) is 0 Å². The highest BCUT2D eigenvalue weighted by atomic mass is 16.5. The van der Waals surface area contributed by atoms with Crippen molar-refractivity contribution in [1.82, 2.24) is 9.88 Å². The summed E-state index contributed by atoms with van der Waals surface area (Å²) in [5, 5.41) is 0. The van der Waals surface area contributed by atoms with Gasteiger partial charge in [0.05, 0.1) is 6.61 Å². The summed E-state index contributed by atoms with van der Waals surface area (Å²) in [5.41, 5.74) is 2.35. The van der Waals surface area contributed by atoms with Gasteiger partial charge in [-0.15, -0.1) is 0 Å². The lowest BCUT2D eigenvalue weighted by Gasteiger charge is -2.19. The summed E-state index contributed by atoms with van der Waals surface area (Å²) in [6.45, 7) is 1.32. The lowest BCUT2D eigenvalue weighted by Crippen LogP contribution is -2.30. The number of hydrogen-bond acceptors (Lipinski definition) is 3. The smallest absolute Gasteiger partial charge is 0.223 e. The van der Waals surface area contributed by atoms with Gasteiger partial charge in [0.15, 0.2) is 0 Å². The molecule has 0 bridgehead atoms. The van der Waals surface area contributed by atoms with Crippen LogP contribution in [0.25, 0.3) is 0 Å². The molecule has 0 spiro atoms. The first-order valence-corrected chi connectivity index (χ1v) is 7.58. The first kappa shape index (κ1) is 14.6. The summed E-state index contributed by atoms with van der Waals surface area (Å²) in [5.74, 6) is 1.26. The van der Waals surface area contributed by atoms with Crippen molar-refractivity contribution >= 4 is 5.91 Å². The third-order valence-corrected chi connectivity index (χ3v) is 4.13. The Morgan fingerprint density at radius 3 is 2.86 bits per heavy atom. The van der Waals surface area contributed by atoms with Crippen LogP contribution in [-0.4, -0.2) is 36.0 Å². The normalized spacial score (nSPS) is 16.0. The van der Waals surface area contributed by atoms with Gasteiger partial charge >= 0.3 is 0 Å². The molecule has 0 N–H and O–H groups in total. The van der Waals surface area contributed by atoms with Crippen LogP contribution in [0.2, 0.25) is 0 Å². The molecule has 2 aromatic rings. The van der Waals surface area contributed by atoms with Gasteiger partial charge in [-0.05, 0) is 30.2 Å². The Bertz CT molecular complexity index is 643. The number of aromatic nitrogens is 1. The quantitative estimate of drug-likeness (QED) is 0.852. The zero-order valence-electron chi connectivity index (χ0n) is 12.7. The predicted octanol–water partition coefficient (Wildman–Crippen LogP) is 2.65.